The summed E-state index contributed by atoms with van der Waals surface area (Å²) in [4.78, 5) is 14.8. The van der Waals surface area contributed by atoms with Crippen LogP contribution in [0.3, 0.4) is 0 Å². The van der Waals surface area contributed by atoms with Crippen LogP contribution in [0.25, 0.3) is 6.08 Å². The molecule has 1 saturated heterocycles. The van der Waals surface area contributed by atoms with Gasteiger partial charge in [-0.1, -0.05) is 18.6 Å². The number of nitrogens with one attached hydrogen (secondary N) is 1. The molecule has 1 fully saturated rings. The lowest BCUT2D eigenvalue weighted by atomic mass is 10.1. The Morgan fingerprint density at radius 3 is 2.48 bits per heavy atom. The fourth-order valence-corrected chi connectivity index (χ4v) is 4.08. The van der Waals surface area contributed by atoms with Gasteiger partial charge in [-0.05, 0) is 83.3 Å². The van der Waals surface area contributed by atoms with Crippen LogP contribution < -0.4 is 14.8 Å². The SMILES string of the molecule is COc1cc(/C=C/C(=O)Nc2ccc(CN3CCCCC3)cc2)cc(Br)c1OC. The fourth-order valence-electron chi connectivity index (χ4n) is 3.46. The molecule has 1 N–H and O–H groups in total. The van der Waals surface area contributed by atoms with Crippen LogP contribution in [0.4, 0.5) is 5.69 Å². The molecule has 0 unspecified atom stereocenters. The topological polar surface area (TPSA) is 50.8 Å². The molecule has 154 valence electrons. The van der Waals surface area contributed by atoms with E-state index in [-0.39, 0.29) is 5.91 Å². The quantitative estimate of drug-likeness (QED) is 0.586. The van der Waals surface area contributed by atoms with E-state index in [1.807, 2.05) is 24.3 Å². The first-order valence-electron chi connectivity index (χ1n) is 9.81. The third-order valence-corrected chi connectivity index (χ3v) is 5.55. The van der Waals surface area contributed by atoms with E-state index >= 15 is 0 Å². The lowest BCUT2D eigenvalue weighted by molar-refractivity contribution is -0.111. The zero-order valence-electron chi connectivity index (χ0n) is 16.9. The van der Waals surface area contributed by atoms with Gasteiger partial charge in [0.1, 0.15) is 0 Å². The molecule has 1 aliphatic rings. The summed E-state index contributed by atoms with van der Waals surface area (Å²) in [5.74, 6) is 1.05. The molecular formula is C23H27BrN2O3. The van der Waals surface area contributed by atoms with Crippen molar-refractivity contribution in [3.63, 3.8) is 0 Å². The van der Waals surface area contributed by atoms with Gasteiger partial charge in [-0.3, -0.25) is 9.69 Å². The smallest absolute Gasteiger partial charge is 0.248 e. The maximum atomic E-state index is 12.3. The van der Waals surface area contributed by atoms with Gasteiger partial charge < -0.3 is 14.8 Å². The molecule has 2 aromatic rings. The number of methoxy groups -OCH3 is 2. The Hall–Kier alpha value is -2.31. The van der Waals surface area contributed by atoms with Gasteiger partial charge in [-0.2, -0.15) is 0 Å². The zero-order chi connectivity index (χ0) is 20.6. The van der Waals surface area contributed by atoms with Crippen molar-refractivity contribution in [1.29, 1.82) is 0 Å². The average Bonchev–Trinajstić information content (AvgIpc) is 2.74. The Labute approximate surface area is 180 Å². The number of nitrogens with zero attached hydrogens (tertiary/aromatic N) is 1. The van der Waals surface area contributed by atoms with Crippen molar-refractivity contribution < 1.29 is 14.3 Å². The summed E-state index contributed by atoms with van der Waals surface area (Å²) in [6, 6.07) is 11.8. The summed E-state index contributed by atoms with van der Waals surface area (Å²) in [5.41, 5.74) is 2.90. The van der Waals surface area contributed by atoms with Crippen LogP contribution in [-0.2, 0) is 11.3 Å². The first kappa shape index (κ1) is 21.4. The number of carbonyl (C=O) groups excluding carboxylic acids is 1. The molecule has 0 radical (unpaired) electrons. The van der Waals surface area contributed by atoms with Crippen molar-refractivity contribution in [1.82, 2.24) is 4.90 Å². The number of benzene rings is 2. The largest absolute Gasteiger partial charge is 0.493 e. The summed E-state index contributed by atoms with van der Waals surface area (Å²) in [6.07, 6.45) is 7.17. The van der Waals surface area contributed by atoms with Crippen molar-refractivity contribution >= 4 is 33.6 Å². The van der Waals surface area contributed by atoms with Gasteiger partial charge in [0.25, 0.3) is 0 Å². The molecular weight excluding hydrogens is 432 g/mol. The monoisotopic (exact) mass is 458 g/mol. The molecule has 0 saturated carbocycles. The number of ether oxygens (including phenoxy) is 2. The second-order valence-electron chi connectivity index (χ2n) is 7.09. The van der Waals surface area contributed by atoms with E-state index in [1.165, 1.54) is 44.0 Å². The number of rotatable bonds is 7. The molecule has 29 heavy (non-hydrogen) atoms. The van der Waals surface area contributed by atoms with Gasteiger partial charge in [0.2, 0.25) is 5.91 Å². The molecule has 1 heterocycles. The first-order chi connectivity index (χ1) is 14.1. The Morgan fingerprint density at radius 1 is 1.10 bits per heavy atom. The van der Waals surface area contributed by atoms with E-state index in [4.69, 9.17) is 9.47 Å². The van der Waals surface area contributed by atoms with Crippen LogP contribution in [0.2, 0.25) is 0 Å². The zero-order valence-corrected chi connectivity index (χ0v) is 18.5. The molecule has 2 aromatic carbocycles. The number of amides is 1. The highest BCUT2D eigenvalue weighted by Crippen LogP contribution is 2.36. The Balaban J connectivity index is 1.58. The Morgan fingerprint density at radius 2 is 1.83 bits per heavy atom. The van der Waals surface area contributed by atoms with E-state index in [0.717, 1.165) is 22.3 Å². The maximum absolute atomic E-state index is 12.3. The summed E-state index contributed by atoms with van der Waals surface area (Å²) < 4.78 is 11.4. The number of likely N-dealkylation sites (tertiary alicyclic amines) is 1. The second-order valence-corrected chi connectivity index (χ2v) is 7.95. The summed E-state index contributed by atoms with van der Waals surface area (Å²) in [6.45, 7) is 3.33. The van der Waals surface area contributed by atoms with Gasteiger partial charge in [0.05, 0.1) is 18.7 Å². The van der Waals surface area contributed by atoms with Crippen molar-refractivity contribution in [2.45, 2.75) is 25.8 Å². The number of halogens is 1. The molecule has 1 amide bonds. The minimum atomic E-state index is -0.181. The minimum absolute atomic E-state index is 0.181. The summed E-state index contributed by atoms with van der Waals surface area (Å²) >= 11 is 3.46. The van der Waals surface area contributed by atoms with Crippen molar-refractivity contribution in [3.05, 3.63) is 58.1 Å². The number of anilines is 1. The Bertz CT molecular complexity index is 859. The Kier molecular flexibility index (Phi) is 7.72. The molecule has 0 atom stereocenters. The first-order valence-corrected chi connectivity index (χ1v) is 10.6. The molecule has 3 rings (SSSR count). The number of hydrogen-bond donors (Lipinski definition) is 1. The average molecular weight is 459 g/mol. The van der Waals surface area contributed by atoms with E-state index < -0.39 is 0 Å². The van der Waals surface area contributed by atoms with E-state index in [1.54, 1.807) is 20.3 Å². The highest BCUT2D eigenvalue weighted by molar-refractivity contribution is 9.10. The van der Waals surface area contributed by atoms with Gasteiger partial charge in [-0.25, -0.2) is 0 Å². The predicted molar refractivity (Wildman–Crippen MR) is 120 cm³/mol. The lowest BCUT2D eigenvalue weighted by Gasteiger charge is -2.26. The van der Waals surface area contributed by atoms with Crippen molar-refractivity contribution in [3.8, 4) is 11.5 Å². The minimum Gasteiger partial charge on any atom is -0.493 e. The van der Waals surface area contributed by atoms with Gasteiger partial charge in [0, 0.05) is 18.3 Å². The summed E-state index contributed by atoms with van der Waals surface area (Å²) in [5, 5.41) is 2.90. The van der Waals surface area contributed by atoms with E-state index in [0.29, 0.717) is 11.5 Å². The second kappa shape index (κ2) is 10.5. The molecule has 5 nitrogen and oxygen atoms in total. The van der Waals surface area contributed by atoms with Crippen LogP contribution in [0.1, 0.15) is 30.4 Å². The highest BCUT2D eigenvalue weighted by atomic mass is 79.9. The van der Waals surface area contributed by atoms with Crippen LogP contribution in [0, 0.1) is 0 Å². The number of hydrogen-bond acceptors (Lipinski definition) is 4. The summed E-state index contributed by atoms with van der Waals surface area (Å²) in [7, 11) is 3.17. The third kappa shape index (κ3) is 6.08. The van der Waals surface area contributed by atoms with Gasteiger partial charge in [0.15, 0.2) is 11.5 Å². The van der Waals surface area contributed by atoms with Crippen LogP contribution >= 0.6 is 15.9 Å². The third-order valence-electron chi connectivity index (χ3n) is 4.96. The molecule has 0 aliphatic carbocycles. The van der Waals surface area contributed by atoms with Crippen LogP contribution in [-0.4, -0.2) is 38.1 Å². The van der Waals surface area contributed by atoms with Gasteiger partial charge in [-0.15, -0.1) is 0 Å². The maximum Gasteiger partial charge on any atom is 0.248 e. The predicted octanol–water partition coefficient (Wildman–Crippen LogP) is 5.10. The molecule has 1 aliphatic heterocycles. The normalized spacial score (nSPS) is 14.7. The molecule has 0 aromatic heterocycles. The highest BCUT2D eigenvalue weighted by Gasteiger charge is 2.11. The molecule has 0 bridgehead atoms. The van der Waals surface area contributed by atoms with E-state index in [2.05, 4.69) is 38.3 Å². The lowest BCUT2D eigenvalue weighted by Crippen LogP contribution is -2.29. The fraction of sp³-hybridized carbons (Fsp3) is 0.348. The van der Waals surface area contributed by atoms with E-state index in [9.17, 15) is 4.79 Å². The molecule has 0 spiro atoms. The van der Waals surface area contributed by atoms with Crippen molar-refractivity contribution in [2.75, 3.05) is 32.6 Å². The van der Waals surface area contributed by atoms with Crippen molar-refractivity contribution in [2.24, 2.45) is 0 Å². The standard InChI is InChI=1S/C23H27BrN2O3/c1-28-21-15-18(14-20(24)23(21)29-2)8-11-22(27)25-19-9-6-17(7-10-19)16-26-12-4-3-5-13-26/h6-11,14-15H,3-5,12-13,16H2,1-2H3,(H,25,27)/b11-8+. The number of piperidine rings is 1. The van der Waals surface area contributed by atoms with Crippen LogP contribution in [0.15, 0.2) is 46.9 Å². The van der Waals surface area contributed by atoms with Crippen LogP contribution in [0.5, 0.6) is 11.5 Å². The number of carbonyl (C=O) groups is 1. The molecule has 6 heteroatoms. The van der Waals surface area contributed by atoms with Gasteiger partial charge >= 0.3 is 0 Å².